The van der Waals surface area contributed by atoms with Gasteiger partial charge in [0, 0.05) is 31.5 Å². The van der Waals surface area contributed by atoms with Crippen molar-refractivity contribution < 1.29 is 0 Å². The highest BCUT2D eigenvalue weighted by atomic mass is 32.1. The zero-order valence-electron chi connectivity index (χ0n) is 20.5. The summed E-state index contributed by atoms with van der Waals surface area (Å²) in [6.07, 6.45) is 6.04. The zero-order valence-corrected chi connectivity index (χ0v) is 21.3. The van der Waals surface area contributed by atoms with E-state index in [2.05, 4.69) is 117 Å². The van der Waals surface area contributed by atoms with Crippen molar-refractivity contribution in [1.82, 2.24) is 0 Å². The van der Waals surface area contributed by atoms with Crippen LogP contribution >= 0.6 is 11.3 Å². The summed E-state index contributed by atoms with van der Waals surface area (Å²) in [4.78, 5) is 0. The van der Waals surface area contributed by atoms with Crippen molar-refractivity contribution in [2.75, 3.05) is 0 Å². The Kier molecular flexibility index (Phi) is 4.09. The molecule has 0 saturated carbocycles. The summed E-state index contributed by atoms with van der Waals surface area (Å²) in [7, 11) is 0. The molecule has 5 aromatic carbocycles. The highest BCUT2D eigenvalue weighted by Crippen LogP contribution is 2.55. The largest absolute Gasteiger partial charge is 0.135 e. The van der Waals surface area contributed by atoms with Crippen molar-refractivity contribution in [1.29, 1.82) is 0 Å². The highest BCUT2D eigenvalue weighted by molar-refractivity contribution is 7.25. The third-order valence-corrected chi connectivity index (χ3v) is 9.75. The maximum Gasteiger partial charge on any atom is 0.0361 e. The Hall–Kier alpha value is -3.68. The van der Waals surface area contributed by atoms with Crippen LogP contribution in [0.5, 0.6) is 0 Å². The van der Waals surface area contributed by atoms with Crippen LogP contribution in [0.3, 0.4) is 0 Å². The average molecular weight is 479 g/mol. The van der Waals surface area contributed by atoms with Gasteiger partial charge in [-0.2, -0.15) is 0 Å². The third kappa shape index (κ3) is 2.81. The SMILES string of the molecule is CC1(C)C2=CC(c3ccc4cc5c(cc4c3)sc3ccccc35)=CCC2c2cc3ccccc3cc21. The van der Waals surface area contributed by atoms with E-state index in [9.17, 15) is 0 Å². The van der Waals surface area contributed by atoms with E-state index < -0.39 is 0 Å². The van der Waals surface area contributed by atoms with E-state index in [0.29, 0.717) is 5.92 Å². The Morgan fingerprint density at radius 3 is 2.36 bits per heavy atom. The first-order valence-electron chi connectivity index (χ1n) is 12.9. The minimum Gasteiger partial charge on any atom is -0.135 e. The first-order chi connectivity index (χ1) is 17.6. The Labute approximate surface area is 215 Å². The Bertz CT molecular complexity index is 1940. The maximum atomic E-state index is 2.50. The fraction of sp³-hybridized carbons (Fsp3) is 0.143. The molecule has 1 aromatic heterocycles. The van der Waals surface area contributed by atoms with Crippen LogP contribution < -0.4 is 0 Å². The fourth-order valence-corrected chi connectivity index (χ4v) is 7.84. The van der Waals surface area contributed by atoms with Gasteiger partial charge in [0.05, 0.1) is 0 Å². The minimum atomic E-state index is 0.0453. The lowest BCUT2D eigenvalue weighted by Gasteiger charge is -2.27. The standard InChI is InChI=1S/C35H26S/c1-35(2)31-19-25(13-14-27(31)29-16-21-7-3-4-8-22(21)18-32(29)35)23-11-12-24-17-30-28-9-5-6-10-33(28)36-34(30)20-26(24)15-23/h3-13,15-20,27H,14H2,1-2H3. The lowest BCUT2D eigenvalue weighted by molar-refractivity contribution is 0.614. The fourth-order valence-electron chi connectivity index (χ4n) is 6.70. The lowest BCUT2D eigenvalue weighted by atomic mass is 9.76. The van der Waals surface area contributed by atoms with Crippen molar-refractivity contribution in [3.8, 4) is 0 Å². The van der Waals surface area contributed by atoms with Crippen molar-refractivity contribution in [3.05, 3.63) is 125 Å². The molecule has 1 unspecified atom stereocenters. The Balaban J connectivity index is 1.24. The molecule has 0 nitrogen and oxygen atoms in total. The van der Waals surface area contributed by atoms with E-state index >= 15 is 0 Å². The molecular formula is C35H26S. The van der Waals surface area contributed by atoms with E-state index in [4.69, 9.17) is 0 Å². The van der Waals surface area contributed by atoms with E-state index in [1.165, 1.54) is 64.0 Å². The van der Waals surface area contributed by atoms with E-state index in [-0.39, 0.29) is 5.41 Å². The van der Waals surface area contributed by atoms with E-state index in [1.807, 2.05) is 11.3 Å². The molecule has 0 saturated heterocycles. The minimum absolute atomic E-state index is 0.0453. The predicted octanol–water partition coefficient (Wildman–Crippen LogP) is 10.1. The van der Waals surface area contributed by atoms with Gasteiger partial charge in [-0.15, -0.1) is 11.3 Å². The summed E-state index contributed by atoms with van der Waals surface area (Å²) in [5.41, 5.74) is 7.31. The molecule has 2 aliphatic rings. The molecule has 0 radical (unpaired) electrons. The van der Waals surface area contributed by atoms with Crippen LogP contribution in [0.15, 0.2) is 109 Å². The van der Waals surface area contributed by atoms with Crippen LogP contribution in [0, 0.1) is 0 Å². The quantitative estimate of drug-likeness (QED) is 0.220. The second-order valence-corrected chi connectivity index (χ2v) is 12.1. The van der Waals surface area contributed by atoms with Crippen molar-refractivity contribution in [3.63, 3.8) is 0 Å². The molecular weight excluding hydrogens is 452 g/mol. The summed E-state index contributed by atoms with van der Waals surface area (Å²) in [6.45, 7) is 4.82. The summed E-state index contributed by atoms with van der Waals surface area (Å²) in [5.74, 6) is 0.488. The topological polar surface area (TPSA) is 0 Å². The van der Waals surface area contributed by atoms with Crippen LogP contribution in [0.1, 0.15) is 42.9 Å². The van der Waals surface area contributed by atoms with Crippen LogP contribution in [-0.4, -0.2) is 0 Å². The summed E-state index contributed by atoms with van der Waals surface area (Å²) in [5, 5.41) is 8.08. The molecule has 0 amide bonds. The second-order valence-electron chi connectivity index (χ2n) is 11.0. The van der Waals surface area contributed by atoms with Crippen molar-refractivity contribution in [2.24, 2.45) is 0 Å². The number of benzene rings is 5. The zero-order chi connectivity index (χ0) is 24.0. The summed E-state index contributed by atoms with van der Waals surface area (Å²) >= 11 is 1.90. The monoisotopic (exact) mass is 478 g/mol. The number of hydrogen-bond donors (Lipinski definition) is 0. The molecule has 6 aromatic rings. The van der Waals surface area contributed by atoms with Crippen LogP contribution in [0.2, 0.25) is 0 Å². The first-order valence-corrected chi connectivity index (χ1v) is 13.7. The van der Waals surface area contributed by atoms with Crippen LogP contribution in [-0.2, 0) is 5.41 Å². The number of hydrogen-bond acceptors (Lipinski definition) is 1. The number of rotatable bonds is 1. The maximum absolute atomic E-state index is 2.50. The first kappa shape index (κ1) is 20.5. The molecule has 2 aliphatic carbocycles. The smallest absolute Gasteiger partial charge is 0.0361 e. The molecule has 36 heavy (non-hydrogen) atoms. The molecule has 1 heteroatoms. The van der Waals surface area contributed by atoms with Gasteiger partial charge in [-0.3, -0.25) is 0 Å². The second kappa shape index (κ2) is 7.18. The highest BCUT2D eigenvalue weighted by Gasteiger charge is 2.42. The van der Waals surface area contributed by atoms with E-state index in [0.717, 1.165) is 6.42 Å². The molecule has 0 N–H and O–H groups in total. The lowest BCUT2D eigenvalue weighted by Crippen LogP contribution is -2.17. The predicted molar refractivity (Wildman–Crippen MR) is 157 cm³/mol. The average Bonchev–Trinajstić information content (AvgIpc) is 3.37. The third-order valence-electron chi connectivity index (χ3n) is 8.62. The summed E-state index contributed by atoms with van der Waals surface area (Å²) in [6, 6.07) is 34.2. The van der Waals surface area contributed by atoms with Gasteiger partial charge in [0.2, 0.25) is 0 Å². The van der Waals surface area contributed by atoms with Crippen LogP contribution in [0.4, 0.5) is 0 Å². The van der Waals surface area contributed by atoms with Gasteiger partial charge in [-0.05, 0) is 80.6 Å². The Morgan fingerprint density at radius 2 is 1.47 bits per heavy atom. The molecule has 172 valence electrons. The number of allylic oxidation sites excluding steroid dienone is 4. The summed E-state index contributed by atoms with van der Waals surface area (Å²) < 4.78 is 2.74. The van der Waals surface area contributed by atoms with Gasteiger partial charge in [0.15, 0.2) is 0 Å². The van der Waals surface area contributed by atoms with Crippen molar-refractivity contribution >= 4 is 58.6 Å². The molecule has 8 rings (SSSR count). The van der Waals surface area contributed by atoms with Crippen LogP contribution in [0.25, 0.3) is 47.3 Å². The van der Waals surface area contributed by atoms with Gasteiger partial charge < -0.3 is 0 Å². The Morgan fingerprint density at radius 1 is 0.694 bits per heavy atom. The van der Waals surface area contributed by atoms with Gasteiger partial charge >= 0.3 is 0 Å². The molecule has 0 bridgehead atoms. The van der Waals surface area contributed by atoms with Crippen molar-refractivity contribution in [2.45, 2.75) is 31.6 Å². The van der Waals surface area contributed by atoms with E-state index in [1.54, 1.807) is 5.57 Å². The normalized spacial score (nSPS) is 18.4. The van der Waals surface area contributed by atoms with Gasteiger partial charge in [0.1, 0.15) is 0 Å². The van der Waals surface area contributed by atoms with Gasteiger partial charge in [-0.25, -0.2) is 0 Å². The number of thiophene rings is 1. The molecule has 0 aliphatic heterocycles. The molecule has 1 heterocycles. The van der Waals surface area contributed by atoms with Gasteiger partial charge in [-0.1, -0.05) is 92.2 Å². The molecule has 1 atom stereocenters. The molecule has 0 fully saturated rings. The molecule has 0 spiro atoms. The van der Waals surface area contributed by atoms with Gasteiger partial charge in [0.25, 0.3) is 0 Å². The number of fused-ring (bicyclic) bond motifs is 8.